The number of para-hydroxylation sites is 2. The summed E-state index contributed by atoms with van der Waals surface area (Å²) in [6.07, 6.45) is 1.90. The third kappa shape index (κ3) is 3.48. The molecule has 0 spiro atoms. The minimum Gasteiger partial charge on any atom is -0.496 e. The van der Waals surface area contributed by atoms with Gasteiger partial charge >= 0.3 is 0 Å². The second-order valence-corrected chi connectivity index (χ2v) is 7.08. The fourth-order valence-electron chi connectivity index (χ4n) is 3.44. The van der Waals surface area contributed by atoms with Crippen LogP contribution in [-0.4, -0.2) is 26.5 Å². The lowest BCUT2D eigenvalue weighted by Crippen LogP contribution is -2.51. The lowest BCUT2D eigenvalue weighted by atomic mass is 9.86. The molecule has 25 heavy (non-hydrogen) atoms. The molecule has 2 aromatic rings. The molecule has 0 fully saturated rings. The Kier molecular flexibility index (Phi) is 7.66. The average Bonchev–Trinajstić information content (AvgIpc) is 2.61. The summed E-state index contributed by atoms with van der Waals surface area (Å²) in [5.74, 6) is 0.835. The van der Waals surface area contributed by atoms with Crippen molar-refractivity contribution in [2.24, 2.45) is 0 Å². The van der Waals surface area contributed by atoms with Crippen LogP contribution in [0, 0.1) is 0 Å². The van der Waals surface area contributed by atoms with Crippen LogP contribution < -0.4 is 9.64 Å². The average molecular weight is 400 g/mol. The van der Waals surface area contributed by atoms with E-state index in [1.54, 1.807) is 18.9 Å². The number of methoxy groups -OCH3 is 1. The molecule has 0 aromatic heterocycles. The molecule has 2 aromatic carbocycles. The van der Waals surface area contributed by atoms with Gasteiger partial charge in [0.15, 0.2) is 0 Å². The van der Waals surface area contributed by atoms with E-state index in [9.17, 15) is 4.79 Å². The zero-order valence-corrected chi connectivity index (χ0v) is 16.9. The number of fused-ring (bicyclic) bond motifs is 1. The molecule has 0 N–H and O–H groups in total. The zero-order chi connectivity index (χ0) is 16.4. The Morgan fingerprint density at radius 2 is 1.80 bits per heavy atom. The highest BCUT2D eigenvalue weighted by molar-refractivity contribution is 8.00. The van der Waals surface area contributed by atoms with Crippen LogP contribution in [0.15, 0.2) is 53.4 Å². The summed E-state index contributed by atoms with van der Waals surface area (Å²) in [5, 5.41) is 0. The minimum atomic E-state index is -0.364. The summed E-state index contributed by atoms with van der Waals surface area (Å²) < 4.78 is 5.23. The number of anilines is 1. The molecule has 0 saturated carbocycles. The van der Waals surface area contributed by atoms with Crippen molar-refractivity contribution in [1.29, 1.82) is 0 Å². The van der Waals surface area contributed by atoms with Crippen LogP contribution in [0.2, 0.25) is 0 Å². The van der Waals surface area contributed by atoms with Crippen molar-refractivity contribution in [1.82, 2.24) is 0 Å². The van der Waals surface area contributed by atoms with E-state index in [1.165, 1.54) is 4.90 Å². The van der Waals surface area contributed by atoms with Crippen molar-refractivity contribution in [3.05, 3.63) is 54.1 Å². The quantitative estimate of drug-likeness (QED) is 0.679. The Labute approximate surface area is 166 Å². The van der Waals surface area contributed by atoms with Gasteiger partial charge in [-0.25, -0.2) is 0 Å². The predicted octanol–water partition coefficient (Wildman–Crippen LogP) is 4.95. The van der Waals surface area contributed by atoms with Gasteiger partial charge in [-0.3, -0.25) is 0 Å². The number of hydrogen-bond acceptors (Lipinski definition) is 4. The Hall–Kier alpha value is -1.36. The van der Waals surface area contributed by atoms with Crippen LogP contribution in [0.25, 0.3) is 0 Å². The fraction of sp³-hybridized carbons (Fsp3) is 0.316. The van der Waals surface area contributed by atoms with Gasteiger partial charge in [0.25, 0.3) is 0 Å². The van der Waals surface area contributed by atoms with Crippen molar-refractivity contribution < 1.29 is 9.53 Å². The second kappa shape index (κ2) is 8.84. The van der Waals surface area contributed by atoms with Gasteiger partial charge in [0.05, 0.1) is 17.5 Å². The normalized spacial score (nSPS) is 21.4. The van der Waals surface area contributed by atoms with E-state index in [0.29, 0.717) is 0 Å². The number of rotatable bonds is 4. The van der Waals surface area contributed by atoms with Crippen LogP contribution in [-0.2, 0) is 9.54 Å². The summed E-state index contributed by atoms with van der Waals surface area (Å²) >= 11 is 1.77. The number of nitrogens with zero attached hydrogens (tertiary/aromatic N) is 1. The fourth-order valence-corrected chi connectivity index (χ4v) is 5.05. The van der Waals surface area contributed by atoms with Crippen molar-refractivity contribution in [2.75, 3.05) is 19.1 Å². The smallest absolute Gasteiger partial charge is 0.144 e. The number of likely N-dealkylation sites (N-methyl/N-ethyl adjacent to an activating group) is 1. The standard InChI is InChI=1S/C19H21NO2S.2ClH/c1-4-19(14-9-5-7-11-16(14)22-3)18(13-21)20(2)15-10-6-8-12-17(15)23-19;;/h5-13,18H,4H2,1-3H3;2*1H. The Bertz CT molecular complexity index is 728. The molecule has 0 saturated heterocycles. The summed E-state index contributed by atoms with van der Waals surface area (Å²) in [7, 11) is 3.68. The van der Waals surface area contributed by atoms with E-state index in [-0.39, 0.29) is 35.6 Å². The molecule has 0 radical (unpaired) electrons. The van der Waals surface area contributed by atoms with E-state index in [4.69, 9.17) is 4.74 Å². The number of halogens is 2. The highest BCUT2D eigenvalue weighted by atomic mass is 35.5. The number of carbonyl (C=O) groups excluding carboxylic acids is 1. The van der Waals surface area contributed by atoms with E-state index in [0.717, 1.165) is 29.7 Å². The van der Waals surface area contributed by atoms with Gasteiger partial charge in [-0.15, -0.1) is 36.6 Å². The van der Waals surface area contributed by atoms with Gasteiger partial charge < -0.3 is 14.4 Å². The molecule has 3 rings (SSSR count). The molecule has 136 valence electrons. The monoisotopic (exact) mass is 399 g/mol. The van der Waals surface area contributed by atoms with Gasteiger partial charge in [0.1, 0.15) is 18.1 Å². The van der Waals surface area contributed by atoms with Crippen LogP contribution in [0.5, 0.6) is 5.75 Å². The maximum atomic E-state index is 12.0. The summed E-state index contributed by atoms with van der Waals surface area (Å²) in [5.41, 5.74) is 2.18. The lowest BCUT2D eigenvalue weighted by molar-refractivity contribution is -0.109. The summed E-state index contributed by atoms with van der Waals surface area (Å²) in [4.78, 5) is 15.3. The van der Waals surface area contributed by atoms with Gasteiger partial charge in [-0.1, -0.05) is 37.3 Å². The van der Waals surface area contributed by atoms with Crippen LogP contribution >= 0.6 is 36.6 Å². The first kappa shape index (κ1) is 21.7. The van der Waals surface area contributed by atoms with Crippen molar-refractivity contribution >= 4 is 48.5 Å². The first-order chi connectivity index (χ1) is 11.2. The Balaban J connectivity index is 0.00000156. The molecule has 0 amide bonds. The third-order valence-electron chi connectivity index (χ3n) is 4.65. The molecule has 2 atom stereocenters. The van der Waals surface area contributed by atoms with Gasteiger partial charge in [-0.2, -0.15) is 0 Å². The molecule has 2 unspecified atom stereocenters. The van der Waals surface area contributed by atoms with Crippen LogP contribution in [0.3, 0.4) is 0 Å². The Morgan fingerprint density at radius 3 is 2.44 bits per heavy atom. The van der Waals surface area contributed by atoms with Crippen molar-refractivity contribution in [2.45, 2.75) is 29.0 Å². The van der Waals surface area contributed by atoms with E-state index in [1.807, 2.05) is 37.4 Å². The van der Waals surface area contributed by atoms with Crippen LogP contribution in [0.1, 0.15) is 18.9 Å². The number of hydrogen-bond donors (Lipinski definition) is 0. The first-order valence-electron chi connectivity index (χ1n) is 7.77. The number of ether oxygens (including phenoxy) is 1. The highest BCUT2D eigenvalue weighted by Crippen LogP contribution is 2.56. The van der Waals surface area contributed by atoms with Crippen molar-refractivity contribution in [3.63, 3.8) is 0 Å². The number of thioether (sulfide) groups is 1. The Morgan fingerprint density at radius 1 is 1.16 bits per heavy atom. The van der Waals surface area contributed by atoms with E-state index < -0.39 is 0 Å². The van der Waals surface area contributed by atoms with Gasteiger partial charge in [-0.05, 0) is 24.6 Å². The van der Waals surface area contributed by atoms with Gasteiger partial charge in [0, 0.05) is 17.5 Å². The molecule has 1 aliphatic heterocycles. The first-order valence-corrected chi connectivity index (χ1v) is 8.59. The third-order valence-corrected chi connectivity index (χ3v) is 6.33. The minimum absolute atomic E-state index is 0. The van der Waals surface area contributed by atoms with Crippen molar-refractivity contribution in [3.8, 4) is 5.75 Å². The summed E-state index contributed by atoms with van der Waals surface area (Å²) in [6.45, 7) is 2.14. The zero-order valence-electron chi connectivity index (χ0n) is 14.5. The van der Waals surface area contributed by atoms with E-state index in [2.05, 4.69) is 30.0 Å². The number of carbonyl (C=O) groups is 1. The lowest BCUT2D eigenvalue weighted by Gasteiger charge is -2.47. The molecule has 1 aliphatic rings. The molecule has 3 nitrogen and oxygen atoms in total. The molecular weight excluding hydrogens is 377 g/mol. The molecule has 0 aliphatic carbocycles. The molecule has 1 heterocycles. The van der Waals surface area contributed by atoms with Crippen LogP contribution in [0.4, 0.5) is 5.69 Å². The predicted molar refractivity (Wildman–Crippen MR) is 110 cm³/mol. The number of aldehydes is 1. The second-order valence-electron chi connectivity index (χ2n) is 5.70. The molecular formula is C19H23Cl2NO2S. The van der Waals surface area contributed by atoms with Gasteiger partial charge in [0.2, 0.25) is 0 Å². The molecule has 6 heteroatoms. The highest BCUT2D eigenvalue weighted by Gasteiger charge is 2.47. The largest absolute Gasteiger partial charge is 0.496 e. The SMILES string of the molecule is CCC1(c2ccccc2OC)Sc2ccccc2N(C)C1C=O.Cl.Cl. The maximum Gasteiger partial charge on any atom is 0.144 e. The summed E-state index contributed by atoms with van der Waals surface area (Å²) in [6, 6.07) is 16.0. The number of benzene rings is 2. The topological polar surface area (TPSA) is 29.5 Å². The van der Waals surface area contributed by atoms with E-state index >= 15 is 0 Å². The molecule has 0 bridgehead atoms. The maximum absolute atomic E-state index is 12.0.